The fourth-order valence-electron chi connectivity index (χ4n) is 2.18. The number of hydrogen-bond acceptors (Lipinski definition) is 5. The van der Waals surface area contributed by atoms with E-state index in [1.54, 1.807) is 54.7 Å². The minimum absolute atomic E-state index is 0.0905. The minimum Gasteiger partial charge on any atom is -0.477 e. The predicted molar refractivity (Wildman–Crippen MR) is 97.8 cm³/mol. The number of nitrogens with one attached hydrogen (secondary N) is 2. The quantitative estimate of drug-likeness (QED) is 0.618. The molecule has 8 nitrogen and oxygen atoms in total. The van der Waals surface area contributed by atoms with E-state index in [4.69, 9.17) is 9.84 Å². The SMILES string of the molecule is O=C(NCc1ccc(Oc2ccnc(C(=O)O)c2)cc1)Nc1ccccn1. The molecule has 2 aromatic heterocycles. The third kappa shape index (κ3) is 5.27. The second kappa shape index (κ2) is 8.43. The number of hydrogen-bond donors (Lipinski definition) is 3. The van der Waals surface area contributed by atoms with E-state index in [1.165, 1.54) is 12.3 Å². The summed E-state index contributed by atoms with van der Waals surface area (Å²) in [7, 11) is 0. The molecule has 8 heteroatoms. The maximum atomic E-state index is 11.8. The van der Waals surface area contributed by atoms with Gasteiger partial charge in [0, 0.05) is 25.0 Å². The van der Waals surface area contributed by atoms with Gasteiger partial charge in [-0.25, -0.2) is 19.6 Å². The van der Waals surface area contributed by atoms with Crippen molar-refractivity contribution < 1.29 is 19.4 Å². The lowest BCUT2D eigenvalue weighted by atomic mass is 10.2. The molecule has 0 aliphatic carbocycles. The molecule has 0 bridgehead atoms. The molecule has 0 saturated carbocycles. The molecule has 0 unspecified atom stereocenters. The first-order valence-electron chi connectivity index (χ1n) is 8.02. The molecule has 0 saturated heterocycles. The summed E-state index contributed by atoms with van der Waals surface area (Å²) in [6.07, 6.45) is 2.97. The van der Waals surface area contributed by atoms with Gasteiger partial charge in [-0.05, 0) is 35.9 Å². The number of benzene rings is 1. The molecule has 3 N–H and O–H groups in total. The van der Waals surface area contributed by atoms with Crippen molar-refractivity contribution in [1.29, 1.82) is 0 Å². The van der Waals surface area contributed by atoms with Crippen LogP contribution in [-0.4, -0.2) is 27.1 Å². The van der Waals surface area contributed by atoms with Gasteiger partial charge in [0.05, 0.1) is 0 Å². The summed E-state index contributed by atoms with van der Waals surface area (Å²) in [6.45, 7) is 0.331. The van der Waals surface area contributed by atoms with Crippen molar-refractivity contribution in [3.8, 4) is 11.5 Å². The van der Waals surface area contributed by atoms with Crippen LogP contribution in [-0.2, 0) is 6.54 Å². The standard InChI is InChI=1S/C19H16N4O4/c24-18(25)16-11-15(8-10-20-16)27-14-6-4-13(5-7-14)12-22-19(26)23-17-3-1-2-9-21-17/h1-11H,12H2,(H,24,25)(H2,21,22,23,26). The molecule has 0 spiro atoms. The predicted octanol–water partition coefficient (Wildman–Crippen LogP) is 3.29. The number of carboxylic acid groups (broad SMARTS) is 1. The molecule has 0 fully saturated rings. The van der Waals surface area contributed by atoms with Crippen LogP contribution in [0.15, 0.2) is 67.0 Å². The lowest BCUT2D eigenvalue weighted by molar-refractivity contribution is 0.0690. The van der Waals surface area contributed by atoms with Crippen LogP contribution in [0.5, 0.6) is 11.5 Å². The number of amides is 2. The maximum Gasteiger partial charge on any atom is 0.354 e. The number of carbonyl (C=O) groups excluding carboxylic acids is 1. The van der Waals surface area contributed by atoms with Crippen LogP contribution in [0.25, 0.3) is 0 Å². The van der Waals surface area contributed by atoms with Gasteiger partial charge in [0.15, 0.2) is 5.69 Å². The average molecular weight is 364 g/mol. The summed E-state index contributed by atoms with van der Waals surface area (Å²) in [5.41, 5.74) is 0.784. The molecule has 1 aromatic carbocycles. The van der Waals surface area contributed by atoms with Gasteiger partial charge in [0.25, 0.3) is 0 Å². The largest absolute Gasteiger partial charge is 0.477 e. The molecular weight excluding hydrogens is 348 g/mol. The van der Waals surface area contributed by atoms with Crippen molar-refractivity contribution in [2.24, 2.45) is 0 Å². The van der Waals surface area contributed by atoms with E-state index < -0.39 is 5.97 Å². The van der Waals surface area contributed by atoms with Crippen LogP contribution in [0, 0.1) is 0 Å². The van der Waals surface area contributed by atoms with E-state index in [0.29, 0.717) is 23.9 Å². The monoisotopic (exact) mass is 364 g/mol. The zero-order chi connectivity index (χ0) is 19.1. The molecule has 0 radical (unpaired) electrons. The number of carbonyl (C=O) groups is 2. The molecule has 3 rings (SSSR count). The average Bonchev–Trinajstić information content (AvgIpc) is 2.68. The lowest BCUT2D eigenvalue weighted by Gasteiger charge is -2.09. The fourth-order valence-corrected chi connectivity index (χ4v) is 2.18. The highest BCUT2D eigenvalue weighted by atomic mass is 16.5. The first-order chi connectivity index (χ1) is 13.1. The summed E-state index contributed by atoms with van der Waals surface area (Å²) in [4.78, 5) is 30.5. The van der Waals surface area contributed by atoms with Crippen molar-refractivity contribution in [3.63, 3.8) is 0 Å². The van der Waals surface area contributed by atoms with E-state index in [0.717, 1.165) is 5.56 Å². The van der Waals surface area contributed by atoms with Crippen molar-refractivity contribution in [2.75, 3.05) is 5.32 Å². The van der Waals surface area contributed by atoms with Gasteiger partial charge in [0.1, 0.15) is 17.3 Å². The van der Waals surface area contributed by atoms with Gasteiger partial charge >= 0.3 is 12.0 Å². The summed E-state index contributed by atoms with van der Waals surface area (Å²) in [5.74, 6) is 0.268. The number of pyridine rings is 2. The van der Waals surface area contributed by atoms with E-state index in [-0.39, 0.29) is 11.7 Å². The molecule has 27 heavy (non-hydrogen) atoms. The molecule has 0 aliphatic heterocycles. The highest BCUT2D eigenvalue weighted by Crippen LogP contribution is 2.22. The second-order valence-corrected chi connectivity index (χ2v) is 5.45. The van der Waals surface area contributed by atoms with Crippen molar-refractivity contribution >= 4 is 17.8 Å². The lowest BCUT2D eigenvalue weighted by Crippen LogP contribution is -2.28. The topological polar surface area (TPSA) is 113 Å². The highest BCUT2D eigenvalue weighted by Gasteiger charge is 2.07. The molecule has 136 valence electrons. The van der Waals surface area contributed by atoms with Crippen LogP contribution in [0.4, 0.5) is 10.6 Å². The Kier molecular flexibility index (Phi) is 5.58. The number of aromatic nitrogens is 2. The van der Waals surface area contributed by atoms with E-state index in [1.807, 2.05) is 0 Å². The Bertz CT molecular complexity index is 930. The van der Waals surface area contributed by atoms with Gasteiger partial charge in [0.2, 0.25) is 0 Å². The zero-order valence-corrected chi connectivity index (χ0v) is 14.1. The number of anilines is 1. The van der Waals surface area contributed by atoms with Crippen LogP contribution in [0.3, 0.4) is 0 Å². The molecule has 3 aromatic rings. The molecule has 2 amide bonds. The Balaban J connectivity index is 1.53. The number of nitrogens with zero attached hydrogens (tertiary/aromatic N) is 2. The smallest absolute Gasteiger partial charge is 0.354 e. The van der Waals surface area contributed by atoms with Crippen LogP contribution in [0.2, 0.25) is 0 Å². The van der Waals surface area contributed by atoms with Gasteiger partial charge < -0.3 is 15.2 Å². The van der Waals surface area contributed by atoms with Crippen LogP contribution < -0.4 is 15.4 Å². The normalized spacial score (nSPS) is 10.1. The zero-order valence-electron chi connectivity index (χ0n) is 14.1. The molecule has 0 atom stereocenters. The molecule has 2 heterocycles. The Morgan fingerprint density at radius 3 is 2.48 bits per heavy atom. The summed E-state index contributed by atoms with van der Waals surface area (Å²) in [6, 6.07) is 14.9. The van der Waals surface area contributed by atoms with Gasteiger partial charge in [-0.3, -0.25) is 5.32 Å². The number of urea groups is 1. The number of ether oxygens (including phenoxy) is 1. The molecular formula is C19H16N4O4. The van der Waals surface area contributed by atoms with Crippen molar-refractivity contribution in [1.82, 2.24) is 15.3 Å². The number of aromatic carboxylic acids is 1. The van der Waals surface area contributed by atoms with Crippen LogP contribution >= 0.6 is 0 Å². The van der Waals surface area contributed by atoms with Gasteiger partial charge in [-0.15, -0.1) is 0 Å². The van der Waals surface area contributed by atoms with Gasteiger partial charge in [-0.2, -0.15) is 0 Å². The Labute approximate surface area is 154 Å². The number of carboxylic acids is 1. The first-order valence-corrected chi connectivity index (χ1v) is 8.02. The van der Waals surface area contributed by atoms with E-state index >= 15 is 0 Å². The van der Waals surface area contributed by atoms with Gasteiger partial charge in [-0.1, -0.05) is 18.2 Å². The van der Waals surface area contributed by atoms with Crippen LogP contribution in [0.1, 0.15) is 16.1 Å². The maximum absolute atomic E-state index is 11.8. The summed E-state index contributed by atoms with van der Waals surface area (Å²) < 4.78 is 5.62. The highest BCUT2D eigenvalue weighted by molar-refractivity contribution is 5.88. The molecule has 0 aliphatic rings. The third-order valence-electron chi connectivity index (χ3n) is 3.47. The Hall–Kier alpha value is -3.94. The van der Waals surface area contributed by atoms with E-state index in [2.05, 4.69) is 20.6 Å². The second-order valence-electron chi connectivity index (χ2n) is 5.45. The Morgan fingerprint density at radius 1 is 0.963 bits per heavy atom. The van der Waals surface area contributed by atoms with Crippen molar-refractivity contribution in [2.45, 2.75) is 6.54 Å². The third-order valence-corrected chi connectivity index (χ3v) is 3.47. The summed E-state index contributed by atoms with van der Waals surface area (Å²) in [5, 5.41) is 14.3. The Morgan fingerprint density at radius 2 is 1.78 bits per heavy atom. The fraction of sp³-hybridized carbons (Fsp3) is 0.0526. The number of rotatable bonds is 6. The first kappa shape index (κ1) is 17.9. The van der Waals surface area contributed by atoms with E-state index in [9.17, 15) is 9.59 Å². The minimum atomic E-state index is -1.12. The van der Waals surface area contributed by atoms with Crippen molar-refractivity contribution in [3.05, 3.63) is 78.2 Å². The summed E-state index contributed by atoms with van der Waals surface area (Å²) >= 11 is 0.